The van der Waals surface area contributed by atoms with E-state index in [4.69, 9.17) is 4.42 Å². The summed E-state index contributed by atoms with van der Waals surface area (Å²) in [5, 5.41) is 21.0. The predicted octanol–water partition coefficient (Wildman–Crippen LogP) is 4.07. The molecule has 4 aromatic rings. The van der Waals surface area contributed by atoms with Gasteiger partial charge < -0.3 is 14.3 Å². The van der Waals surface area contributed by atoms with Gasteiger partial charge in [-0.05, 0) is 49.7 Å². The number of hydrogen-bond acceptors (Lipinski definition) is 6. The Hall–Kier alpha value is -3.84. The van der Waals surface area contributed by atoms with E-state index in [2.05, 4.69) is 21.6 Å². The van der Waals surface area contributed by atoms with Crippen molar-refractivity contribution in [2.45, 2.75) is 25.5 Å². The number of furan rings is 1. The zero-order chi connectivity index (χ0) is 22.7. The normalized spacial score (nSPS) is 10.8. The number of aromatic nitrogens is 4. The highest BCUT2D eigenvalue weighted by Crippen LogP contribution is 2.30. The largest absolute Gasteiger partial charge is 0.467 e. The summed E-state index contributed by atoms with van der Waals surface area (Å²) in [6.45, 7) is 4.07. The van der Waals surface area contributed by atoms with E-state index in [9.17, 15) is 14.4 Å². The molecule has 0 saturated carbocycles. The summed E-state index contributed by atoms with van der Waals surface area (Å²) in [4.78, 5) is 12.8. The van der Waals surface area contributed by atoms with E-state index in [0.29, 0.717) is 28.8 Å². The lowest BCUT2D eigenvalue weighted by Gasteiger charge is -2.13. The van der Waals surface area contributed by atoms with Crippen molar-refractivity contribution in [2.75, 3.05) is 11.1 Å². The summed E-state index contributed by atoms with van der Waals surface area (Å²) < 4.78 is 22.6. The molecule has 4 rings (SSSR count). The molecule has 0 radical (unpaired) electrons. The number of anilines is 1. The fraction of sp³-hybridized carbons (Fsp3) is 0.182. The quantitative estimate of drug-likeness (QED) is 0.426. The van der Waals surface area contributed by atoms with Crippen LogP contribution in [-0.4, -0.2) is 31.0 Å². The van der Waals surface area contributed by atoms with E-state index in [-0.39, 0.29) is 11.7 Å². The zero-order valence-electron chi connectivity index (χ0n) is 17.4. The van der Waals surface area contributed by atoms with E-state index in [1.807, 2.05) is 13.0 Å². The van der Waals surface area contributed by atoms with E-state index < -0.39 is 5.82 Å². The van der Waals surface area contributed by atoms with Crippen molar-refractivity contribution in [3.05, 3.63) is 77.4 Å². The first-order chi connectivity index (χ1) is 15.5. The maximum absolute atomic E-state index is 13.8. The smallest absolute Gasteiger partial charge is 0.236 e. The molecular formula is C22H19FN6O2S. The number of nitriles is 1. The van der Waals surface area contributed by atoms with Crippen LogP contribution in [0.15, 0.2) is 58.6 Å². The lowest BCUT2D eigenvalue weighted by atomic mass is 10.2. The van der Waals surface area contributed by atoms with Gasteiger partial charge in [0.2, 0.25) is 5.91 Å². The molecule has 0 spiro atoms. The van der Waals surface area contributed by atoms with Gasteiger partial charge in [-0.3, -0.25) is 9.36 Å². The predicted molar refractivity (Wildman–Crippen MR) is 117 cm³/mol. The molecule has 0 aliphatic carbocycles. The minimum atomic E-state index is -0.407. The van der Waals surface area contributed by atoms with Crippen LogP contribution in [-0.2, 0) is 11.3 Å². The maximum atomic E-state index is 13.8. The number of hydrogen-bond donors (Lipinski definition) is 1. The first kappa shape index (κ1) is 21.4. The standard InChI is InChI=1S/C22H19FN6O2S/c1-14-15(2)29(17-6-3-5-16(23)9-17)21(19(14)10-24)26-20(30)12-32-22-27-25-13-28(22)11-18-7-4-8-31-18/h3-9,13H,11-12H2,1-2H3,(H,26,30). The Balaban J connectivity index is 1.54. The molecule has 10 heteroatoms. The molecule has 1 aromatic carbocycles. The Morgan fingerprint density at radius 2 is 2.16 bits per heavy atom. The average Bonchev–Trinajstić information content (AvgIpc) is 3.49. The van der Waals surface area contributed by atoms with Gasteiger partial charge >= 0.3 is 0 Å². The molecule has 0 saturated heterocycles. The van der Waals surface area contributed by atoms with Crippen LogP contribution in [0, 0.1) is 31.0 Å². The number of benzene rings is 1. The van der Waals surface area contributed by atoms with Crippen molar-refractivity contribution in [3.63, 3.8) is 0 Å². The molecule has 0 aliphatic heterocycles. The summed E-state index contributed by atoms with van der Waals surface area (Å²) in [5.41, 5.74) is 2.32. The molecular weight excluding hydrogens is 431 g/mol. The van der Waals surface area contributed by atoms with Crippen LogP contribution < -0.4 is 5.32 Å². The first-order valence-electron chi connectivity index (χ1n) is 9.68. The third-order valence-electron chi connectivity index (χ3n) is 4.97. The molecule has 8 nitrogen and oxygen atoms in total. The highest BCUT2D eigenvalue weighted by molar-refractivity contribution is 7.99. The van der Waals surface area contributed by atoms with Crippen LogP contribution >= 0.6 is 11.8 Å². The van der Waals surface area contributed by atoms with Crippen molar-refractivity contribution in [3.8, 4) is 11.8 Å². The lowest BCUT2D eigenvalue weighted by molar-refractivity contribution is -0.113. The first-order valence-corrected chi connectivity index (χ1v) is 10.7. The van der Waals surface area contributed by atoms with Crippen LogP contribution in [0.2, 0.25) is 0 Å². The minimum Gasteiger partial charge on any atom is -0.467 e. The van der Waals surface area contributed by atoms with Crippen molar-refractivity contribution >= 4 is 23.5 Å². The van der Waals surface area contributed by atoms with Gasteiger partial charge in [-0.2, -0.15) is 5.26 Å². The SMILES string of the molecule is Cc1c(C#N)c(NC(=O)CSc2nncn2Cc2ccco2)n(-c2cccc(F)c2)c1C. The van der Waals surface area contributed by atoms with Gasteiger partial charge in [-0.25, -0.2) is 4.39 Å². The minimum absolute atomic E-state index is 0.0497. The molecule has 1 amide bonds. The second-order valence-corrected chi connectivity index (χ2v) is 7.96. The van der Waals surface area contributed by atoms with Gasteiger partial charge in [0.15, 0.2) is 5.16 Å². The monoisotopic (exact) mass is 450 g/mol. The van der Waals surface area contributed by atoms with Gasteiger partial charge in [0.25, 0.3) is 0 Å². The summed E-state index contributed by atoms with van der Waals surface area (Å²) in [6.07, 6.45) is 3.16. The van der Waals surface area contributed by atoms with Gasteiger partial charge in [-0.15, -0.1) is 10.2 Å². The molecule has 1 N–H and O–H groups in total. The Labute approximate surface area is 187 Å². The Morgan fingerprint density at radius 1 is 1.31 bits per heavy atom. The van der Waals surface area contributed by atoms with Crippen molar-refractivity contribution in [2.24, 2.45) is 0 Å². The number of amides is 1. The second-order valence-electron chi connectivity index (χ2n) is 7.02. The molecule has 0 atom stereocenters. The third-order valence-corrected chi connectivity index (χ3v) is 5.95. The van der Waals surface area contributed by atoms with Crippen LogP contribution in [0.25, 0.3) is 5.69 Å². The summed E-state index contributed by atoms with van der Waals surface area (Å²) in [7, 11) is 0. The molecule has 32 heavy (non-hydrogen) atoms. The number of carbonyl (C=O) groups excluding carboxylic acids is 1. The summed E-state index contributed by atoms with van der Waals surface area (Å²) in [6, 6.07) is 11.8. The van der Waals surface area contributed by atoms with Crippen molar-refractivity contribution < 1.29 is 13.6 Å². The van der Waals surface area contributed by atoms with Crippen LogP contribution in [0.1, 0.15) is 22.6 Å². The molecule has 3 heterocycles. The molecule has 162 valence electrons. The second kappa shape index (κ2) is 9.11. The number of nitrogens with zero attached hydrogens (tertiary/aromatic N) is 5. The number of thioether (sulfide) groups is 1. The fourth-order valence-electron chi connectivity index (χ4n) is 3.33. The van der Waals surface area contributed by atoms with Crippen LogP contribution in [0.4, 0.5) is 10.2 Å². The highest BCUT2D eigenvalue weighted by atomic mass is 32.2. The Bertz CT molecular complexity index is 1300. The van der Waals surface area contributed by atoms with Gasteiger partial charge in [0.1, 0.15) is 29.8 Å². The van der Waals surface area contributed by atoms with Crippen LogP contribution in [0.5, 0.6) is 0 Å². The molecule has 0 unspecified atom stereocenters. The third kappa shape index (κ3) is 4.29. The maximum Gasteiger partial charge on any atom is 0.236 e. The average molecular weight is 450 g/mol. The van der Waals surface area contributed by atoms with Crippen molar-refractivity contribution in [1.29, 1.82) is 5.26 Å². The number of halogens is 1. The van der Waals surface area contributed by atoms with E-state index in [1.54, 1.807) is 46.8 Å². The Kier molecular flexibility index (Phi) is 6.09. The van der Waals surface area contributed by atoms with Crippen LogP contribution in [0.3, 0.4) is 0 Å². The molecule has 0 fully saturated rings. The summed E-state index contributed by atoms with van der Waals surface area (Å²) >= 11 is 1.21. The Morgan fingerprint density at radius 3 is 2.88 bits per heavy atom. The van der Waals surface area contributed by atoms with E-state index >= 15 is 0 Å². The lowest BCUT2D eigenvalue weighted by Crippen LogP contribution is -2.18. The highest BCUT2D eigenvalue weighted by Gasteiger charge is 2.21. The molecule has 0 aliphatic rings. The number of nitrogens with one attached hydrogen (secondary N) is 1. The van der Waals surface area contributed by atoms with E-state index in [0.717, 1.165) is 17.0 Å². The number of carbonyl (C=O) groups is 1. The van der Waals surface area contributed by atoms with Gasteiger partial charge in [-0.1, -0.05) is 17.8 Å². The topological polar surface area (TPSA) is 102 Å². The van der Waals surface area contributed by atoms with Gasteiger partial charge in [0.05, 0.1) is 29.8 Å². The zero-order valence-corrected chi connectivity index (χ0v) is 18.2. The molecule has 3 aromatic heterocycles. The van der Waals surface area contributed by atoms with Crippen molar-refractivity contribution in [1.82, 2.24) is 19.3 Å². The molecule has 0 bridgehead atoms. The van der Waals surface area contributed by atoms with E-state index in [1.165, 1.54) is 23.9 Å². The number of rotatable bonds is 7. The van der Waals surface area contributed by atoms with Gasteiger partial charge in [0, 0.05) is 5.69 Å². The fourth-order valence-corrected chi connectivity index (χ4v) is 4.05. The summed E-state index contributed by atoms with van der Waals surface area (Å²) in [5.74, 6) is 0.378.